The molecule has 124 valence electrons. The third-order valence-corrected chi connectivity index (χ3v) is 2.30. The maximum Gasteiger partial charge on any atom is 0.422 e. The number of ether oxygens (including phenoxy) is 2. The Morgan fingerprint density at radius 3 is 1.67 bits per heavy atom. The molecule has 0 heterocycles. The van der Waals surface area contributed by atoms with Gasteiger partial charge in [0.25, 0.3) is 0 Å². The van der Waals surface area contributed by atoms with Gasteiger partial charge in [-0.15, -0.1) is 0 Å². The molecule has 0 saturated carbocycles. The van der Waals surface area contributed by atoms with E-state index in [4.69, 9.17) is 9.47 Å². The van der Waals surface area contributed by atoms with Crippen molar-refractivity contribution in [1.29, 1.82) is 0 Å². The summed E-state index contributed by atoms with van der Waals surface area (Å²) in [4.78, 5) is 23.1. The molecule has 2 amide bonds. The van der Waals surface area contributed by atoms with Crippen LogP contribution in [0.4, 0.5) is 9.59 Å². The molecule has 0 aliphatic carbocycles. The van der Waals surface area contributed by atoms with E-state index in [1.807, 2.05) is 6.92 Å². The molecular formula is C14H29N3O4. The van der Waals surface area contributed by atoms with Gasteiger partial charge in [0.15, 0.2) is 0 Å². The largest absolute Gasteiger partial charge is 0.444 e. The summed E-state index contributed by atoms with van der Waals surface area (Å²) in [5, 5.41) is 2.69. The molecule has 2 unspecified atom stereocenters. The van der Waals surface area contributed by atoms with Crippen LogP contribution in [-0.2, 0) is 9.47 Å². The second-order valence-corrected chi connectivity index (χ2v) is 6.99. The first-order valence-electron chi connectivity index (χ1n) is 7.04. The van der Waals surface area contributed by atoms with Gasteiger partial charge in [-0.1, -0.05) is 0 Å². The van der Waals surface area contributed by atoms with Gasteiger partial charge in [0.2, 0.25) is 0 Å². The van der Waals surface area contributed by atoms with Gasteiger partial charge in [-0.25, -0.2) is 15.0 Å². The molecule has 2 atom stereocenters. The Balaban J connectivity index is 4.14. The molecule has 0 aromatic heterocycles. The van der Waals surface area contributed by atoms with Crippen molar-refractivity contribution in [2.75, 3.05) is 0 Å². The normalized spacial score (nSPS) is 14.9. The molecule has 0 rings (SSSR count). The second kappa shape index (κ2) is 7.49. The van der Waals surface area contributed by atoms with Crippen molar-refractivity contribution in [2.45, 2.75) is 78.7 Å². The highest BCUT2D eigenvalue weighted by Crippen LogP contribution is 2.07. The molecule has 7 heteroatoms. The predicted octanol–water partition coefficient (Wildman–Crippen LogP) is 2.32. The Hall–Kier alpha value is -1.50. The number of alkyl carbamates (subject to hydrolysis) is 1. The number of carbonyl (C=O) groups is 2. The van der Waals surface area contributed by atoms with Gasteiger partial charge in [0, 0.05) is 12.1 Å². The van der Waals surface area contributed by atoms with Crippen LogP contribution in [0.1, 0.15) is 55.4 Å². The van der Waals surface area contributed by atoms with Crippen LogP contribution in [0.3, 0.4) is 0 Å². The number of hydrogen-bond donors (Lipinski definition) is 3. The summed E-state index contributed by atoms with van der Waals surface area (Å²) in [6.45, 7) is 14.3. The maximum absolute atomic E-state index is 11.6. The molecule has 0 radical (unpaired) electrons. The lowest BCUT2D eigenvalue weighted by Crippen LogP contribution is -2.54. The maximum atomic E-state index is 11.6. The van der Waals surface area contributed by atoms with E-state index < -0.39 is 23.4 Å². The number of hydrazine groups is 1. The lowest BCUT2D eigenvalue weighted by Gasteiger charge is -2.26. The minimum atomic E-state index is -0.571. The SMILES string of the molecule is CC(NNC(=O)OC(C)(C)C)C(C)NC(=O)OC(C)(C)C. The van der Waals surface area contributed by atoms with Gasteiger partial charge in [-0.3, -0.25) is 5.43 Å². The highest BCUT2D eigenvalue weighted by molar-refractivity contribution is 5.68. The van der Waals surface area contributed by atoms with Crippen LogP contribution >= 0.6 is 0 Å². The van der Waals surface area contributed by atoms with Crippen molar-refractivity contribution in [3.05, 3.63) is 0 Å². The molecular weight excluding hydrogens is 274 g/mol. The molecule has 0 spiro atoms. The van der Waals surface area contributed by atoms with E-state index in [9.17, 15) is 9.59 Å². The Morgan fingerprint density at radius 2 is 1.24 bits per heavy atom. The molecule has 0 fully saturated rings. The molecule has 0 aliphatic rings. The smallest absolute Gasteiger partial charge is 0.422 e. The second-order valence-electron chi connectivity index (χ2n) is 6.99. The predicted molar refractivity (Wildman–Crippen MR) is 80.8 cm³/mol. The van der Waals surface area contributed by atoms with Gasteiger partial charge in [0.05, 0.1) is 0 Å². The van der Waals surface area contributed by atoms with Crippen molar-refractivity contribution in [2.24, 2.45) is 0 Å². The Labute approximate surface area is 127 Å². The molecule has 0 bridgehead atoms. The third kappa shape index (κ3) is 10.9. The van der Waals surface area contributed by atoms with Gasteiger partial charge in [-0.2, -0.15) is 0 Å². The van der Waals surface area contributed by atoms with Gasteiger partial charge in [-0.05, 0) is 55.4 Å². The van der Waals surface area contributed by atoms with Crippen LogP contribution in [0.15, 0.2) is 0 Å². The van der Waals surface area contributed by atoms with E-state index in [1.165, 1.54) is 0 Å². The fourth-order valence-corrected chi connectivity index (χ4v) is 1.22. The van der Waals surface area contributed by atoms with Gasteiger partial charge < -0.3 is 14.8 Å². The summed E-state index contributed by atoms with van der Waals surface area (Å²) in [6, 6.07) is -0.445. The highest BCUT2D eigenvalue weighted by Gasteiger charge is 2.21. The molecule has 7 nitrogen and oxygen atoms in total. The quantitative estimate of drug-likeness (QED) is 0.694. The number of carbonyl (C=O) groups excluding carboxylic acids is 2. The molecule has 0 aromatic carbocycles. The number of rotatable bonds is 4. The van der Waals surface area contributed by atoms with E-state index >= 15 is 0 Å². The summed E-state index contributed by atoms with van der Waals surface area (Å²) >= 11 is 0. The number of nitrogens with one attached hydrogen (secondary N) is 3. The first-order valence-corrected chi connectivity index (χ1v) is 7.04. The fraction of sp³-hybridized carbons (Fsp3) is 0.857. The van der Waals surface area contributed by atoms with Crippen molar-refractivity contribution < 1.29 is 19.1 Å². The topological polar surface area (TPSA) is 88.7 Å². The minimum Gasteiger partial charge on any atom is -0.444 e. The lowest BCUT2D eigenvalue weighted by atomic mass is 10.2. The minimum absolute atomic E-state index is 0.204. The number of amides is 2. The summed E-state index contributed by atoms with van der Waals surface area (Å²) in [7, 11) is 0. The van der Waals surface area contributed by atoms with Crippen molar-refractivity contribution >= 4 is 12.2 Å². The Bertz CT molecular complexity index is 358. The van der Waals surface area contributed by atoms with Crippen LogP contribution in [0.2, 0.25) is 0 Å². The van der Waals surface area contributed by atoms with Crippen molar-refractivity contribution in [1.82, 2.24) is 16.2 Å². The van der Waals surface area contributed by atoms with Crippen LogP contribution in [-0.4, -0.2) is 35.5 Å². The van der Waals surface area contributed by atoms with Gasteiger partial charge in [0.1, 0.15) is 11.2 Å². The Kier molecular flexibility index (Phi) is 6.96. The zero-order valence-corrected chi connectivity index (χ0v) is 14.3. The summed E-state index contributed by atoms with van der Waals surface area (Å²) < 4.78 is 10.3. The molecule has 0 saturated heterocycles. The van der Waals surface area contributed by atoms with Crippen LogP contribution < -0.4 is 16.2 Å². The highest BCUT2D eigenvalue weighted by atomic mass is 16.6. The van der Waals surface area contributed by atoms with E-state index in [0.717, 1.165) is 0 Å². The third-order valence-electron chi connectivity index (χ3n) is 2.30. The summed E-state index contributed by atoms with van der Waals surface area (Å²) in [5.74, 6) is 0. The van der Waals surface area contributed by atoms with Crippen LogP contribution in [0.25, 0.3) is 0 Å². The van der Waals surface area contributed by atoms with E-state index in [-0.39, 0.29) is 12.1 Å². The van der Waals surface area contributed by atoms with Crippen LogP contribution in [0.5, 0.6) is 0 Å². The molecule has 0 aromatic rings. The summed E-state index contributed by atoms with van der Waals surface area (Å²) in [6.07, 6.45) is -1.07. The average Bonchev–Trinajstić information content (AvgIpc) is 2.20. The fourth-order valence-electron chi connectivity index (χ4n) is 1.22. The molecule has 3 N–H and O–H groups in total. The van der Waals surface area contributed by atoms with E-state index in [1.54, 1.807) is 48.5 Å². The average molecular weight is 303 g/mol. The van der Waals surface area contributed by atoms with Gasteiger partial charge >= 0.3 is 12.2 Å². The first kappa shape index (κ1) is 19.5. The molecule has 21 heavy (non-hydrogen) atoms. The monoisotopic (exact) mass is 303 g/mol. The Morgan fingerprint density at radius 1 is 0.810 bits per heavy atom. The summed E-state index contributed by atoms with van der Waals surface area (Å²) in [5.41, 5.74) is 4.11. The van der Waals surface area contributed by atoms with Crippen molar-refractivity contribution in [3.63, 3.8) is 0 Å². The standard InChI is InChI=1S/C14H29N3O4/c1-9(15-11(18)20-13(3,4)5)10(2)16-17-12(19)21-14(6,7)8/h9-10,16H,1-8H3,(H,15,18)(H,17,19). The lowest BCUT2D eigenvalue weighted by molar-refractivity contribution is 0.0470. The van der Waals surface area contributed by atoms with E-state index in [2.05, 4.69) is 16.2 Å². The van der Waals surface area contributed by atoms with Crippen LogP contribution in [0, 0.1) is 0 Å². The number of hydrogen-bond acceptors (Lipinski definition) is 5. The van der Waals surface area contributed by atoms with Crippen molar-refractivity contribution in [3.8, 4) is 0 Å². The zero-order valence-electron chi connectivity index (χ0n) is 14.3. The van der Waals surface area contributed by atoms with E-state index in [0.29, 0.717) is 0 Å². The molecule has 0 aliphatic heterocycles. The first-order chi connectivity index (χ1) is 9.30. The zero-order chi connectivity index (χ0) is 16.8.